The largest absolute Gasteiger partial charge is 0.309 e. The van der Waals surface area contributed by atoms with Crippen LogP contribution in [-0.4, -0.2) is 0 Å². The fourth-order valence-electron chi connectivity index (χ4n) is 21.9. The third-order valence-electron chi connectivity index (χ3n) is 26.2. The van der Waals surface area contributed by atoms with Gasteiger partial charge in [0.1, 0.15) is 0 Å². The first-order valence-electron chi connectivity index (χ1n) is 53.2. The number of para-hydroxylation sites is 3. The summed E-state index contributed by atoms with van der Waals surface area (Å²) in [5.74, 6) is 0. The molecule has 135 heavy (non-hydrogen) atoms. The summed E-state index contributed by atoms with van der Waals surface area (Å²) < 4.78 is 0. The van der Waals surface area contributed by atoms with Crippen LogP contribution in [0.1, 0.15) is 341 Å². The minimum atomic E-state index is 1.00. The highest BCUT2D eigenvalue weighted by atomic mass is 15.2. The number of anilines is 9. The second-order valence-corrected chi connectivity index (χ2v) is 31.5. The molecule has 3 nitrogen and oxygen atoms in total. The number of hydrogen-bond donors (Lipinski definition) is 0. The van der Waals surface area contributed by atoms with E-state index in [-0.39, 0.29) is 0 Å². The molecule has 0 fully saturated rings. The molecule has 3 heteroatoms. The molecule has 6 aliphatic heterocycles. The Morgan fingerprint density at radius 1 is 0.126 bits per heavy atom. The number of benzene rings is 15. The quantitative estimate of drug-likeness (QED) is 0.150. The van der Waals surface area contributed by atoms with Gasteiger partial charge in [0.15, 0.2) is 0 Å². The van der Waals surface area contributed by atoms with Gasteiger partial charge in [-0.1, -0.05) is 432 Å². The third-order valence-corrected chi connectivity index (χ3v) is 26.2. The number of nitrogens with zero attached hydrogens (tertiary/aromatic N) is 3. The van der Waals surface area contributed by atoms with E-state index in [0.29, 0.717) is 0 Å². The van der Waals surface area contributed by atoms with E-state index in [9.17, 15) is 0 Å². The molecule has 6 aliphatic carbocycles. The van der Waals surface area contributed by atoms with Crippen molar-refractivity contribution in [1.82, 2.24) is 0 Å². The monoisotopic (exact) mass is 1790 g/mol. The highest BCUT2D eigenvalue weighted by Gasteiger charge is 2.43. The summed E-state index contributed by atoms with van der Waals surface area (Å²) in [6.07, 6.45) is 12.4. The first kappa shape index (κ1) is 105. The second-order valence-electron chi connectivity index (χ2n) is 31.5. The van der Waals surface area contributed by atoms with E-state index in [4.69, 9.17) is 0 Å². The van der Waals surface area contributed by atoms with Gasteiger partial charge >= 0.3 is 0 Å². The lowest BCUT2D eigenvalue weighted by Crippen LogP contribution is -2.26. The minimum Gasteiger partial charge on any atom is -0.309 e. The Morgan fingerprint density at radius 3 is 0.756 bits per heavy atom. The van der Waals surface area contributed by atoms with Crippen molar-refractivity contribution in [3.63, 3.8) is 0 Å². The van der Waals surface area contributed by atoms with Crippen LogP contribution in [0.3, 0.4) is 0 Å². The Bertz CT molecular complexity index is 6500. The lowest BCUT2D eigenvalue weighted by Gasteiger charge is -2.41. The van der Waals surface area contributed by atoms with Crippen molar-refractivity contribution in [3.05, 3.63) is 407 Å². The Balaban J connectivity index is 0.000000184. The summed E-state index contributed by atoms with van der Waals surface area (Å²) in [4.78, 5) is 7.81. The summed E-state index contributed by atoms with van der Waals surface area (Å²) in [7, 11) is 0. The van der Waals surface area contributed by atoms with Crippen molar-refractivity contribution in [2.24, 2.45) is 0 Å². The lowest BCUT2D eigenvalue weighted by atomic mass is 9.80. The average molecular weight is 1790 g/mol. The molecule has 0 N–H and O–H groups in total. The molecule has 0 atom stereocenters. The van der Waals surface area contributed by atoms with E-state index >= 15 is 0 Å². The van der Waals surface area contributed by atoms with E-state index in [2.05, 4.69) is 288 Å². The summed E-state index contributed by atoms with van der Waals surface area (Å²) >= 11 is 0. The molecule has 6 heterocycles. The standard InChI is InChI=1S/3C34H23N.15C2H6/c1-4-10-25-21(8-1)16-28-27(25)18-24-19-30-32(14-13-23-15-20-7-2-5-11-26(20)33(23)30)35-31-12-6-3-9-22(31)17-29(28)34(24)35;1-4-10-26-20(7-1)13-23-15-24-17-31-30-16-21-8-2-5-11-27(21)29(30)18-25-14-22-9-3-6-12-32(22)35(34(25)31)33(24)19-28(23)26;1-4-10-26-20(7-1)15-23-13-14-31-28(32(23)26)19-25-17-24-16-21-8-2-5-11-27(21)33(24)29-18-22-9-3-6-12-30(22)35(31)34(25)29;15*1-2/h1-14,18H,15-17,19H2;1-12,15,18-19H,13-14,16-17H2;1-14,17H,15-16,18-19H2;15*1-2H3. The van der Waals surface area contributed by atoms with Gasteiger partial charge in [-0.25, -0.2) is 0 Å². The summed E-state index contributed by atoms with van der Waals surface area (Å²) in [5.41, 5.74) is 65.5. The van der Waals surface area contributed by atoms with Crippen LogP contribution >= 0.6 is 0 Å². The van der Waals surface area contributed by atoms with E-state index in [1.54, 1.807) is 22.3 Å². The average Bonchev–Trinajstić information content (AvgIpc) is 1.63. The smallest absolute Gasteiger partial charge is 0.0539 e. The summed E-state index contributed by atoms with van der Waals surface area (Å²) in [6, 6.07) is 103. The third kappa shape index (κ3) is 18.8. The van der Waals surface area contributed by atoms with E-state index in [0.717, 1.165) is 77.0 Å². The zero-order valence-corrected chi connectivity index (χ0v) is 88.3. The molecule has 0 bridgehead atoms. The van der Waals surface area contributed by atoms with Crippen molar-refractivity contribution in [2.45, 2.75) is 285 Å². The van der Waals surface area contributed by atoms with Crippen molar-refractivity contribution >= 4 is 51.2 Å². The molecule has 0 radical (unpaired) electrons. The first-order valence-corrected chi connectivity index (χ1v) is 53.2. The molecule has 0 spiro atoms. The van der Waals surface area contributed by atoms with Crippen molar-refractivity contribution < 1.29 is 0 Å². The summed E-state index contributed by atoms with van der Waals surface area (Å²) in [5, 5.41) is 0. The fourth-order valence-corrected chi connectivity index (χ4v) is 21.9. The molecule has 15 aromatic rings. The fraction of sp³-hybridized carbons (Fsp3) is 0.318. The highest BCUT2D eigenvalue weighted by molar-refractivity contribution is 6.02. The molecule has 702 valence electrons. The van der Waals surface area contributed by atoms with Gasteiger partial charge in [0.25, 0.3) is 0 Å². The molecule has 0 aromatic heterocycles. The van der Waals surface area contributed by atoms with Crippen molar-refractivity contribution in [2.75, 3.05) is 14.7 Å². The number of rotatable bonds is 0. The van der Waals surface area contributed by atoms with Crippen LogP contribution in [-0.2, 0) is 77.0 Å². The second kappa shape index (κ2) is 49.8. The highest BCUT2D eigenvalue weighted by Crippen LogP contribution is 2.62. The molecule has 0 unspecified atom stereocenters. The van der Waals surface area contributed by atoms with E-state index < -0.39 is 0 Å². The van der Waals surface area contributed by atoms with Crippen LogP contribution in [0.2, 0.25) is 0 Å². The predicted octanol–water partition coefficient (Wildman–Crippen LogP) is 39.7. The molecule has 0 saturated heterocycles. The molecule has 0 amide bonds. The Morgan fingerprint density at radius 2 is 0.363 bits per heavy atom. The first-order chi connectivity index (χ1) is 67.0. The van der Waals surface area contributed by atoms with Crippen LogP contribution in [0.15, 0.2) is 273 Å². The maximum Gasteiger partial charge on any atom is 0.0539 e. The zero-order valence-electron chi connectivity index (χ0n) is 88.3. The lowest BCUT2D eigenvalue weighted by molar-refractivity contribution is 0.991. The Labute approximate surface area is 818 Å². The zero-order chi connectivity index (χ0) is 98.0. The van der Waals surface area contributed by atoms with Crippen LogP contribution in [0, 0.1) is 0 Å². The molecule has 15 aromatic carbocycles. The Hall–Kier alpha value is -12.3. The van der Waals surface area contributed by atoms with Gasteiger partial charge in [-0.05, 0) is 287 Å². The molecule has 12 aliphatic rings. The van der Waals surface area contributed by atoms with Gasteiger partial charge in [0.05, 0.1) is 34.1 Å². The van der Waals surface area contributed by atoms with E-state index in [1.165, 1.54) is 229 Å². The van der Waals surface area contributed by atoms with Crippen LogP contribution in [0.4, 0.5) is 51.2 Å². The molecular formula is C132H159N3. The summed E-state index contributed by atoms with van der Waals surface area (Å²) in [6.45, 7) is 60.0. The molecular weight excluding hydrogens is 1630 g/mol. The van der Waals surface area contributed by atoms with Crippen molar-refractivity contribution in [3.8, 4) is 66.8 Å². The predicted molar refractivity (Wildman–Crippen MR) is 600 cm³/mol. The van der Waals surface area contributed by atoms with Gasteiger partial charge < -0.3 is 14.7 Å². The number of hydrogen-bond acceptors (Lipinski definition) is 3. The minimum absolute atomic E-state index is 1.00. The Kier molecular flexibility index (Phi) is 38.6. The van der Waals surface area contributed by atoms with Gasteiger partial charge in [-0.3, -0.25) is 0 Å². The van der Waals surface area contributed by atoms with Crippen molar-refractivity contribution in [1.29, 1.82) is 0 Å². The normalized spacial score (nSPS) is 12.3. The van der Waals surface area contributed by atoms with Crippen LogP contribution in [0.5, 0.6) is 0 Å². The van der Waals surface area contributed by atoms with Gasteiger partial charge in [0, 0.05) is 55.6 Å². The maximum atomic E-state index is 2.60. The molecule has 0 saturated carbocycles. The van der Waals surface area contributed by atoms with Gasteiger partial charge in [0.2, 0.25) is 0 Å². The van der Waals surface area contributed by atoms with E-state index in [1.807, 2.05) is 208 Å². The number of fused-ring (bicyclic) bond motifs is 35. The van der Waals surface area contributed by atoms with Gasteiger partial charge in [-0.2, -0.15) is 0 Å². The maximum absolute atomic E-state index is 2.60. The topological polar surface area (TPSA) is 9.72 Å². The van der Waals surface area contributed by atoms with Gasteiger partial charge in [-0.15, -0.1) is 0 Å². The SMILES string of the molecule is CC.CC.CC.CC.CC.CC.CC.CC.CC.CC.CC.CC.CC.CC.CC.c1ccc2c(c1)Cc1c-2cc2c3c1Cc1ccccc1N3c1ccc3c(c1C2)-c1ccccc1C3.c1ccc2c(c1)Cc1cc3c(cc1-2)N1c2ccccc2Cc2cc4c(c(c21)C3)Cc1ccccc1-4.c1ccc2c(c1)Cc1ccc3c(c1-2)Cc1cc2c(c4c1N3c1ccccc1C4)-c1ccccc1C2. The van der Waals surface area contributed by atoms with Crippen LogP contribution < -0.4 is 14.7 Å². The molecule has 27 rings (SSSR count). The van der Waals surface area contributed by atoms with Crippen LogP contribution in [0.25, 0.3) is 66.8 Å².